The van der Waals surface area contributed by atoms with E-state index in [1.54, 1.807) is 0 Å². The predicted octanol–water partition coefficient (Wildman–Crippen LogP) is 4.71. The van der Waals surface area contributed by atoms with Crippen LogP contribution in [0.3, 0.4) is 0 Å². The number of carbonyl (C=O) groups is 1. The molecule has 0 bridgehead atoms. The lowest BCUT2D eigenvalue weighted by molar-refractivity contribution is 0.138. The van der Waals surface area contributed by atoms with Crippen molar-refractivity contribution in [2.24, 2.45) is 0 Å². The van der Waals surface area contributed by atoms with Crippen molar-refractivity contribution in [3.05, 3.63) is 108 Å². The van der Waals surface area contributed by atoms with Crippen LogP contribution in [0.1, 0.15) is 22.7 Å². The molecular weight excluding hydrogens is 322 g/mol. The molecule has 0 saturated heterocycles. The molecule has 3 aromatic rings. The Kier molecular flexibility index (Phi) is 6.06. The van der Waals surface area contributed by atoms with Crippen molar-refractivity contribution in [2.45, 2.75) is 12.6 Å². The third-order valence-electron chi connectivity index (χ3n) is 3.74. The van der Waals surface area contributed by atoms with Gasteiger partial charge in [0.1, 0.15) is 12.6 Å². The second kappa shape index (κ2) is 9.10. The van der Waals surface area contributed by atoms with Gasteiger partial charge in [-0.2, -0.15) is 0 Å². The van der Waals surface area contributed by atoms with E-state index in [4.69, 9.17) is 4.74 Å². The zero-order valence-corrected chi connectivity index (χ0v) is 14.3. The first-order valence-corrected chi connectivity index (χ1v) is 8.40. The molecule has 0 heterocycles. The van der Waals surface area contributed by atoms with E-state index >= 15 is 0 Å². The minimum Gasteiger partial charge on any atom is -0.445 e. The minimum atomic E-state index is -0.495. The Labute approximate surface area is 153 Å². The Bertz CT molecular complexity index is 881. The highest BCUT2D eigenvalue weighted by Gasteiger charge is 2.13. The zero-order valence-electron chi connectivity index (χ0n) is 14.3. The molecule has 0 aliphatic heterocycles. The molecule has 0 aliphatic rings. The van der Waals surface area contributed by atoms with E-state index in [-0.39, 0.29) is 6.61 Å². The van der Waals surface area contributed by atoms with Crippen molar-refractivity contribution >= 4 is 6.09 Å². The van der Waals surface area contributed by atoms with Crippen LogP contribution in [0.4, 0.5) is 4.79 Å². The maximum Gasteiger partial charge on any atom is 0.408 e. The van der Waals surface area contributed by atoms with E-state index in [1.165, 1.54) is 0 Å². The molecule has 0 spiro atoms. The number of hydrogen-bond acceptors (Lipinski definition) is 2. The largest absolute Gasteiger partial charge is 0.445 e. The highest BCUT2D eigenvalue weighted by atomic mass is 16.5. The van der Waals surface area contributed by atoms with Crippen LogP contribution in [-0.2, 0) is 11.3 Å². The molecule has 3 aromatic carbocycles. The Morgan fingerprint density at radius 1 is 0.846 bits per heavy atom. The lowest BCUT2D eigenvalue weighted by Gasteiger charge is -2.14. The van der Waals surface area contributed by atoms with Crippen LogP contribution in [0.2, 0.25) is 0 Å². The van der Waals surface area contributed by atoms with Gasteiger partial charge < -0.3 is 10.1 Å². The summed E-state index contributed by atoms with van der Waals surface area (Å²) in [6.07, 6.45) is -0.495. The van der Waals surface area contributed by atoms with Gasteiger partial charge >= 0.3 is 6.09 Å². The zero-order chi connectivity index (χ0) is 18.0. The van der Waals surface area contributed by atoms with E-state index in [9.17, 15) is 4.79 Å². The number of alkyl carbamates (subject to hydrolysis) is 1. The maximum atomic E-state index is 12.2. The quantitative estimate of drug-likeness (QED) is 0.698. The SMILES string of the molecule is O=C(N[C@H](C#Cc1ccccc1)c1ccccc1)OCc1ccccc1. The molecule has 1 amide bonds. The van der Waals surface area contributed by atoms with Crippen LogP contribution < -0.4 is 5.32 Å². The molecule has 3 nitrogen and oxygen atoms in total. The van der Waals surface area contributed by atoms with Crippen LogP contribution in [-0.4, -0.2) is 6.09 Å². The van der Waals surface area contributed by atoms with Crippen molar-refractivity contribution in [2.75, 3.05) is 0 Å². The van der Waals surface area contributed by atoms with Crippen molar-refractivity contribution in [1.29, 1.82) is 0 Å². The average molecular weight is 341 g/mol. The normalized spacial score (nSPS) is 10.9. The van der Waals surface area contributed by atoms with Gasteiger partial charge in [-0.1, -0.05) is 90.7 Å². The average Bonchev–Trinajstić information content (AvgIpc) is 2.72. The first kappa shape index (κ1) is 17.3. The van der Waals surface area contributed by atoms with E-state index in [1.807, 2.05) is 91.0 Å². The molecule has 1 atom stereocenters. The summed E-state index contributed by atoms with van der Waals surface area (Å²) in [5.74, 6) is 6.22. The van der Waals surface area contributed by atoms with Crippen LogP contribution in [0.25, 0.3) is 0 Å². The molecule has 1 N–H and O–H groups in total. The standard InChI is InChI=1S/C23H19NO2/c25-23(26-18-20-12-6-2-7-13-20)24-22(21-14-8-3-9-15-21)17-16-19-10-4-1-5-11-19/h1-15,22H,18H2,(H,24,25)/t22-/m1/s1. The molecular formula is C23H19NO2. The minimum absolute atomic E-state index is 0.223. The number of carbonyl (C=O) groups excluding carboxylic acids is 1. The molecule has 0 fully saturated rings. The molecule has 0 radical (unpaired) electrons. The topological polar surface area (TPSA) is 38.3 Å². The number of amides is 1. The summed E-state index contributed by atoms with van der Waals surface area (Å²) in [6.45, 7) is 0.223. The summed E-state index contributed by atoms with van der Waals surface area (Å²) >= 11 is 0. The molecule has 26 heavy (non-hydrogen) atoms. The fraction of sp³-hybridized carbons (Fsp3) is 0.0870. The summed E-state index contributed by atoms with van der Waals surface area (Å²) < 4.78 is 5.31. The van der Waals surface area contributed by atoms with Crippen molar-refractivity contribution in [3.8, 4) is 11.8 Å². The van der Waals surface area contributed by atoms with Gasteiger partial charge in [-0.3, -0.25) is 0 Å². The second-order valence-corrected chi connectivity index (χ2v) is 5.69. The Balaban J connectivity index is 1.70. The number of rotatable bonds is 4. The number of benzene rings is 3. The highest BCUT2D eigenvalue weighted by molar-refractivity contribution is 5.68. The van der Waals surface area contributed by atoms with Crippen LogP contribution in [0.15, 0.2) is 91.0 Å². The van der Waals surface area contributed by atoms with Gasteiger partial charge in [0.05, 0.1) is 0 Å². The molecule has 0 saturated carbocycles. The monoisotopic (exact) mass is 341 g/mol. The summed E-state index contributed by atoms with van der Waals surface area (Å²) in [7, 11) is 0. The van der Waals surface area contributed by atoms with Crippen LogP contribution >= 0.6 is 0 Å². The van der Waals surface area contributed by atoms with Gasteiger partial charge in [0.15, 0.2) is 0 Å². The van der Waals surface area contributed by atoms with Gasteiger partial charge in [-0.15, -0.1) is 0 Å². The van der Waals surface area contributed by atoms with Crippen molar-refractivity contribution in [1.82, 2.24) is 5.32 Å². The van der Waals surface area contributed by atoms with Gasteiger partial charge in [0, 0.05) is 5.56 Å². The third kappa shape index (κ3) is 5.25. The number of nitrogens with one attached hydrogen (secondary N) is 1. The van der Waals surface area contributed by atoms with E-state index < -0.39 is 12.1 Å². The van der Waals surface area contributed by atoms with Crippen molar-refractivity contribution in [3.63, 3.8) is 0 Å². The van der Waals surface area contributed by atoms with Gasteiger partial charge in [-0.05, 0) is 23.3 Å². The molecule has 0 unspecified atom stereocenters. The highest BCUT2D eigenvalue weighted by Crippen LogP contribution is 2.12. The Morgan fingerprint density at radius 3 is 2.08 bits per heavy atom. The molecule has 3 heteroatoms. The van der Waals surface area contributed by atoms with Gasteiger partial charge in [-0.25, -0.2) is 4.79 Å². The Hall–Kier alpha value is -3.51. The summed E-state index contributed by atoms with van der Waals surface area (Å²) in [5, 5.41) is 2.84. The smallest absolute Gasteiger partial charge is 0.408 e. The number of ether oxygens (including phenoxy) is 1. The molecule has 0 aliphatic carbocycles. The Morgan fingerprint density at radius 2 is 1.42 bits per heavy atom. The van der Waals surface area contributed by atoms with E-state index in [0.29, 0.717) is 0 Å². The van der Waals surface area contributed by atoms with Crippen LogP contribution in [0, 0.1) is 11.8 Å². The van der Waals surface area contributed by atoms with Gasteiger partial charge in [0.2, 0.25) is 0 Å². The fourth-order valence-corrected chi connectivity index (χ4v) is 2.41. The predicted molar refractivity (Wildman–Crippen MR) is 102 cm³/mol. The third-order valence-corrected chi connectivity index (χ3v) is 3.74. The second-order valence-electron chi connectivity index (χ2n) is 5.69. The number of hydrogen-bond donors (Lipinski definition) is 1. The van der Waals surface area contributed by atoms with E-state index in [2.05, 4.69) is 17.2 Å². The molecule has 3 rings (SSSR count). The van der Waals surface area contributed by atoms with Crippen LogP contribution in [0.5, 0.6) is 0 Å². The molecule has 0 aromatic heterocycles. The maximum absolute atomic E-state index is 12.2. The van der Waals surface area contributed by atoms with Gasteiger partial charge in [0.25, 0.3) is 0 Å². The lowest BCUT2D eigenvalue weighted by atomic mass is 10.1. The molecule has 128 valence electrons. The fourth-order valence-electron chi connectivity index (χ4n) is 2.41. The summed E-state index contributed by atoms with van der Waals surface area (Å²) in [5.41, 5.74) is 2.75. The first-order valence-electron chi connectivity index (χ1n) is 8.40. The van der Waals surface area contributed by atoms with Crippen molar-refractivity contribution < 1.29 is 9.53 Å². The summed E-state index contributed by atoms with van der Waals surface area (Å²) in [6, 6.07) is 28.4. The lowest BCUT2D eigenvalue weighted by Crippen LogP contribution is -2.28. The van der Waals surface area contributed by atoms with E-state index in [0.717, 1.165) is 16.7 Å². The first-order chi connectivity index (χ1) is 12.8. The summed E-state index contributed by atoms with van der Waals surface area (Å²) in [4.78, 5) is 12.2.